The summed E-state index contributed by atoms with van der Waals surface area (Å²) < 4.78 is 0. The molecule has 66 valence electrons. The molecule has 0 aliphatic heterocycles. The van der Waals surface area contributed by atoms with Crippen LogP contribution in [0.4, 0.5) is 0 Å². The minimum atomic E-state index is -0.118. The van der Waals surface area contributed by atoms with Gasteiger partial charge in [-0.25, -0.2) is 5.10 Å². The second-order valence-electron chi connectivity index (χ2n) is 2.97. The molecule has 0 spiro atoms. The van der Waals surface area contributed by atoms with Gasteiger partial charge < -0.3 is 0 Å². The minimum Gasteiger partial charge on any atom is -0.268 e. The summed E-state index contributed by atoms with van der Waals surface area (Å²) in [6, 6.07) is 1.60. The van der Waals surface area contributed by atoms with Crippen LogP contribution in [0.25, 0.3) is 0 Å². The average Bonchev–Trinajstić information content (AvgIpc) is 2.03. The second-order valence-corrected chi connectivity index (χ2v) is 2.97. The van der Waals surface area contributed by atoms with E-state index in [-0.39, 0.29) is 5.56 Å². The Balaban J connectivity index is 2.79. The molecule has 0 aliphatic carbocycles. The van der Waals surface area contributed by atoms with Gasteiger partial charge in [0.15, 0.2) is 0 Å². The lowest BCUT2D eigenvalue weighted by atomic mass is 10.1. The van der Waals surface area contributed by atoms with Gasteiger partial charge in [-0.05, 0) is 25.3 Å². The molecule has 1 heterocycles. The van der Waals surface area contributed by atoms with Crippen LogP contribution in [-0.4, -0.2) is 10.2 Å². The molecular formula is C9H14N2O. The summed E-state index contributed by atoms with van der Waals surface area (Å²) in [5.41, 5.74) is 1.89. The number of aromatic amines is 1. The van der Waals surface area contributed by atoms with Crippen LogP contribution in [0.2, 0.25) is 0 Å². The molecule has 0 unspecified atom stereocenters. The van der Waals surface area contributed by atoms with E-state index in [4.69, 9.17) is 0 Å². The summed E-state index contributed by atoms with van der Waals surface area (Å²) in [5.74, 6) is 0. The average molecular weight is 166 g/mol. The van der Waals surface area contributed by atoms with Crippen molar-refractivity contribution < 1.29 is 0 Å². The molecule has 0 saturated carbocycles. The van der Waals surface area contributed by atoms with Crippen molar-refractivity contribution in [3.63, 3.8) is 0 Å². The van der Waals surface area contributed by atoms with Crippen LogP contribution in [0.3, 0.4) is 0 Å². The van der Waals surface area contributed by atoms with Crippen LogP contribution in [0.5, 0.6) is 0 Å². The summed E-state index contributed by atoms with van der Waals surface area (Å²) in [7, 11) is 0. The number of nitrogens with one attached hydrogen (secondary N) is 1. The number of rotatable bonds is 3. The second kappa shape index (κ2) is 4.04. The lowest BCUT2D eigenvalue weighted by Gasteiger charge is -2.00. The van der Waals surface area contributed by atoms with E-state index in [0.717, 1.165) is 30.5 Å². The van der Waals surface area contributed by atoms with Crippen LogP contribution in [0.1, 0.15) is 31.0 Å². The smallest absolute Gasteiger partial charge is 0.264 e. The van der Waals surface area contributed by atoms with E-state index in [1.807, 2.05) is 6.92 Å². The van der Waals surface area contributed by atoms with E-state index in [1.54, 1.807) is 6.07 Å². The number of nitrogens with zero attached hydrogens (tertiary/aromatic N) is 1. The van der Waals surface area contributed by atoms with Crippen LogP contribution >= 0.6 is 0 Å². The lowest BCUT2D eigenvalue weighted by Crippen LogP contribution is -2.10. The fraction of sp³-hybridized carbons (Fsp3) is 0.556. The highest BCUT2D eigenvalue weighted by Crippen LogP contribution is 2.03. The summed E-state index contributed by atoms with van der Waals surface area (Å²) >= 11 is 0. The summed E-state index contributed by atoms with van der Waals surface area (Å²) in [6.45, 7) is 4.06. The normalized spacial score (nSPS) is 10.2. The summed E-state index contributed by atoms with van der Waals surface area (Å²) in [6.07, 6.45) is 3.24. The van der Waals surface area contributed by atoms with Crippen LogP contribution in [0, 0.1) is 6.92 Å². The van der Waals surface area contributed by atoms with Crippen LogP contribution < -0.4 is 5.56 Å². The molecule has 0 radical (unpaired) electrons. The summed E-state index contributed by atoms with van der Waals surface area (Å²) in [4.78, 5) is 10.8. The highest BCUT2D eigenvalue weighted by Gasteiger charge is 1.99. The van der Waals surface area contributed by atoms with Crippen LogP contribution in [-0.2, 0) is 6.42 Å². The van der Waals surface area contributed by atoms with E-state index in [2.05, 4.69) is 17.1 Å². The van der Waals surface area contributed by atoms with Crippen molar-refractivity contribution >= 4 is 0 Å². The lowest BCUT2D eigenvalue weighted by molar-refractivity contribution is 0.749. The quantitative estimate of drug-likeness (QED) is 0.738. The molecule has 1 aromatic rings. The Morgan fingerprint density at radius 1 is 1.58 bits per heavy atom. The van der Waals surface area contributed by atoms with Crippen LogP contribution in [0.15, 0.2) is 10.9 Å². The largest absolute Gasteiger partial charge is 0.268 e. The predicted octanol–water partition coefficient (Wildman–Crippen LogP) is 1.42. The van der Waals surface area contributed by atoms with E-state index in [0.29, 0.717) is 0 Å². The fourth-order valence-corrected chi connectivity index (χ4v) is 1.12. The number of aryl methyl sites for hydroxylation is 2. The molecule has 0 fully saturated rings. The molecule has 3 heteroatoms. The van der Waals surface area contributed by atoms with Crippen molar-refractivity contribution in [2.75, 3.05) is 0 Å². The van der Waals surface area contributed by atoms with Gasteiger partial charge in [-0.3, -0.25) is 4.79 Å². The topological polar surface area (TPSA) is 45.8 Å². The minimum absolute atomic E-state index is 0.118. The van der Waals surface area contributed by atoms with Crippen molar-refractivity contribution in [2.45, 2.75) is 33.1 Å². The van der Waals surface area contributed by atoms with Gasteiger partial charge in [0.2, 0.25) is 0 Å². The predicted molar refractivity (Wildman–Crippen MR) is 48.2 cm³/mol. The van der Waals surface area contributed by atoms with E-state index in [1.165, 1.54) is 0 Å². The number of unbranched alkanes of at least 4 members (excludes halogenated alkanes) is 1. The monoisotopic (exact) mass is 166 g/mol. The Bertz CT molecular complexity index is 304. The first-order valence-electron chi connectivity index (χ1n) is 4.29. The van der Waals surface area contributed by atoms with Gasteiger partial charge in [0.25, 0.3) is 5.56 Å². The van der Waals surface area contributed by atoms with Crippen molar-refractivity contribution in [3.05, 3.63) is 27.7 Å². The maximum absolute atomic E-state index is 10.8. The first-order valence-corrected chi connectivity index (χ1v) is 4.29. The van der Waals surface area contributed by atoms with E-state index in [9.17, 15) is 4.79 Å². The Hall–Kier alpha value is -1.12. The first-order chi connectivity index (χ1) is 5.74. The third-order valence-corrected chi connectivity index (χ3v) is 1.87. The first kappa shape index (κ1) is 8.97. The molecule has 0 aliphatic rings. The molecule has 3 nitrogen and oxygen atoms in total. The van der Waals surface area contributed by atoms with Crippen molar-refractivity contribution in [3.8, 4) is 0 Å². The zero-order valence-corrected chi connectivity index (χ0v) is 7.55. The number of aromatic nitrogens is 2. The third kappa shape index (κ3) is 2.19. The molecule has 12 heavy (non-hydrogen) atoms. The van der Waals surface area contributed by atoms with Gasteiger partial charge in [-0.2, -0.15) is 5.10 Å². The number of H-pyrrole nitrogens is 1. The number of hydrogen-bond acceptors (Lipinski definition) is 2. The number of hydrogen-bond donors (Lipinski definition) is 1. The van der Waals surface area contributed by atoms with Gasteiger partial charge in [0.1, 0.15) is 0 Å². The Labute approximate surface area is 71.8 Å². The van der Waals surface area contributed by atoms with Crippen molar-refractivity contribution in [1.82, 2.24) is 10.2 Å². The van der Waals surface area contributed by atoms with E-state index < -0.39 is 0 Å². The highest BCUT2D eigenvalue weighted by molar-refractivity contribution is 5.14. The van der Waals surface area contributed by atoms with Crippen molar-refractivity contribution in [1.29, 1.82) is 0 Å². The highest BCUT2D eigenvalue weighted by atomic mass is 16.1. The maximum atomic E-state index is 10.8. The molecule has 0 atom stereocenters. The molecule has 0 bridgehead atoms. The molecular weight excluding hydrogens is 152 g/mol. The molecule has 0 aromatic carbocycles. The van der Waals surface area contributed by atoms with E-state index >= 15 is 0 Å². The third-order valence-electron chi connectivity index (χ3n) is 1.87. The molecule has 0 saturated heterocycles. The maximum Gasteiger partial charge on any atom is 0.264 e. The summed E-state index contributed by atoms with van der Waals surface area (Å²) in [5, 5.41) is 6.42. The molecule has 0 amide bonds. The standard InChI is InChI=1S/C9H14N2O/c1-3-4-5-8-7(2)6-9(12)11-10-8/h6H,3-5H2,1-2H3,(H,11,12). The van der Waals surface area contributed by atoms with Gasteiger partial charge in [-0.1, -0.05) is 13.3 Å². The van der Waals surface area contributed by atoms with Gasteiger partial charge in [0.05, 0.1) is 5.69 Å². The van der Waals surface area contributed by atoms with Crippen molar-refractivity contribution in [2.24, 2.45) is 0 Å². The molecule has 1 aromatic heterocycles. The molecule has 1 N–H and O–H groups in total. The zero-order chi connectivity index (χ0) is 8.97. The molecule has 1 rings (SSSR count). The van der Waals surface area contributed by atoms with Gasteiger partial charge in [-0.15, -0.1) is 0 Å². The Kier molecular flexibility index (Phi) is 3.02. The van der Waals surface area contributed by atoms with Gasteiger partial charge in [0, 0.05) is 6.07 Å². The fourth-order valence-electron chi connectivity index (χ4n) is 1.12. The Morgan fingerprint density at radius 3 is 2.92 bits per heavy atom. The SMILES string of the molecule is CCCCc1n[nH]c(=O)cc1C. The van der Waals surface area contributed by atoms with Gasteiger partial charge >= 0.3 is 0 Å². The Morgan fingerprint density at radius 2 is 2.33 bits per heavy atom. The zero-order valence-electron chi connectivity index (χ0n) is 7.55.